The van der Waals surface area contributed by atoms with Crippen LogP contribution in [-0.2, 0) is 11.3 Å². The molecule has 7 heteroatoms. The van der Waals surface area contributed by atoms with Crippen LogP contribution in [0.15, 0.2) is 48.5 Å². The summed E-state index contributed by atoms with van der Waals surface area (Å²) in [5.74, 6) is 0.476. The Labute approximate surface area is 165 Å². The standard InChI is InChI=1S/C21H28N4O3/c1-16(2)18-6-4-17(5-7-18)14-24(3)15-21(26)23-13-12-22-19-8-10-20(11-9-19)25(27)28/h4-11,16,22H,12-15H2,1-3H3,(H,23,26). The number of likely N-dealkylation sites (N-methyl/N-ethyl adjacent to an activating group) is 1. The fourth-order valence-corrected chi connectivity index (χ4v) is 2.79. The fraction of sp³-hybridized carbons (Fsp3) is 0.381. The van der Waals surface area contributed by atoms with Crippen molar-refractivity contribution in [1.82, 2.24) is 10.2 Å². The number of nitro groups is 1. The van der Waals surface area contributed by atoms with Crippen LogP contribution in [0.5, 0.6) is 0 Å². The van der Waals surface area contributed by atoms with Crippen molar-refractivity contribution in [2.24, 2.45) is 0 Å². The Morgan fingerprint density at radius 3 is 2.29 bits per heavy atom. The van der Waals surface area contributed by atoms with Gasteiger partial charge in [-0.2, -0.15) is 0 Å². The predicted molar refractivity (Wildman–Crippen MR) is 111 cm³/mol. The van der Waals surface area contributed by atoms with Crippen molar-refractivity contribution >= 4 is 17.3 Å². The number of carbonyl (C=O) groups excluding carboxylic acids is 1. The molecule has 0 saturated carbocycles. The van der Waals surface area contributed by atoms with Gasteiger partial charge in [0.2, 0.25) is 5.91 Å². The molecule has 2 N–H and O–H groups in total. The summed E-state index contributed by atoms with van der Waals surface area (Å²) >= 11 is 0. The van der Waals surface area contributed by atoms with Gasteiger partial charge in [0.15, 0.2) is 0 Å². The molecule has 0 aromatic heterocycles. The summed E-state index contributed by atoms with van der Waals surface area (Å²) in [7, 11) is 1.92. The number of non-ortho nitro benzene ring substituents is 1. The molecule has 0 unspecified atom stereocenters. The lowest BCUT2D eigenvalue weighted by Crippen LogP contribution is -2.37. The van der Waals surface area contributed by atoms with Gasteiger partial charge in [-0.1, -0.05) is 38.1 Å². The Bertz CT molecular complexity index is 773. The minimum Gasteiger partial charge on any atom is -0.383 e. The van der Waals surface area contributed by atoms with E-state index >= 15 is 0 Å². The van der Waals surface area contributed by atoms with E-state index in [4.69, 9.17) is 0 Å². The Hall–Kier alpha value is -2.93. The number of hydrogen-bond donors (Lipinski definition) is 2. The average Bonchev–Trinajstić information content (AvgIpc) is 2.66. The van der Waals surface area contributed by atoms with Gasteiger partial charge < -0.3 is 10.6 Å². The van der Waals surface area contributed by atoms with Crippen LogP contribution in [-0.4, -0.2) is 42.4 Å². The Morgan fingerprint density at radius 1 is 1.07 bits per heavy atom. The molecule has 0 atom stereocenters. The Balaban J connectivity index is 1.66. The van der Waals surface area contributed by atoms with Crippen LogP contribution in [0.25, 0.3) is 0 Å². The van der Waals surface area contributed by atoms with E-state index in [0.29, 0.717) is 32.1 Å². The third kappa shape index (κ3) is 7.00. The quantitative estimate of drug-likeness (QED) is 0.372. The molecule has 0 saturated heterocycles. The van der Waals surface area contributed by atoms with Gasteiger partial charge in [-0.15, -0.1) is 0 Å². The van der Waals surface area contributed by atoms with Crippen molar-refractivity contribution < 1.29 is 9.72 Å². The first-order chi connectivity index (χ1) is 13.3. The normalized spacial score (nSPS) is 10.9. The van der Waals surface area contributed by atoms with Gasteiger partial charge in [0.25, 0.3) is 5.69 Å². The lowest BCUT2D eigenvalue weighted by Gasteiger charge is -2.17. The molecular weight excluding hydrogens is 356 g/mol. The summed E-state index contributed by atoms with van der Waals surface area (Å²) in [4.78, 5) is 24.2. The first kappa shape index (κ1) is 21.4. The molecule has 0 fully saturated rings. The van der Waals surface area contributed by atoms with E-state index in [1.165, 1.54) is 23.3 Å². The molecule has 0 radical (unpaired) electrons. The van der Waals surface area contributed by atoms with Crippen LogP contribution >= 0.6 is 0 Å². The van der Waals surface area contributed by atoms with Gasteiger partial charge in [-0.05, 0) is 36.2 Å². The smallest absolute Gasteiger partial charge is 0.269 e. The second kappa shape index (κ2) is 10.4. The molecule has 2 rings (SSSR count). The number of rotatable bonds is 10. The Kier molecular flexibility index (Phi) is 7.95. The number of anilines is 1. The van der Waals surface area contributed by atoms with Crippen LogP contribution in [0, 0.1) is 10.1 Å². The number of carbonyl (C=O) groups is 1. The van der Waals surface area contributed by atoms with Gasteiger partial charge in [-0.25, -0.2) is 0 Å². The highest BCUT2D eigenvalue weighted by molar-refractivity contribution is 5.78. The number of amides is 1. The molecule has 28 heavy (non-hydrogen) atoms. The molecule has 0 aliphatic rings. The molecule has 2 aromatic carbocycles. The lowest BCUT2D eigenvalue weighted by atomic mass is 10.0. The highest BCUT2D eigenvalue weighted by Gasteiger charge is 2.08. The summed E-state index contributed by atoms with van der Waals surface area (Å²) in [5.41, 5.74) is 3.33. The van der Waals surface area contributed by atoms with Crippen molar-refractivity contribution in [3.8, 4) is 0 Å². The molecule has 0 aliphatic carbocycles. The predicted octanol–water partition coefficient (Wildman–Crippen LogP) is 3.38. The van der Waals surface area contributed by atoms with Crippen LogP contribution in [0.4, 0.5) is 11.4 Å². The molecule has 0 heterocycles. The zero-order valence-corrected chi connectivity index (χ0v) is 16.6. The zero-order chi connectivity index (χ0) is 20.5. The van der Waals surface area contributed by atoms with Crippen LogP contribution in [0.1, 0.15) is 30.9 Å². The monoisotopic (exact) mass is 384 g/mol. The van der Waals surface area contributed by atoms with E-state index < -0.39 is 4.92 Å². The Morgan fingerprint density at radius 2 is 1.71 bits per heavy atom. The van der Waals surface area contributed by atoms with Crippen LogP contribution < -0.4 is 10.6 Å². The highest BCUT2D eigenvalue weighted by atomic mass is 16.6. The summed E-state index contributed by atoms with van der Waals surface area (Å²) in [6.07, 6.45) is 0. The molecule has 7 nitrogen and oxygen atoms in total. The maximum absolute atomic E-state index is 12.1. The average molecular weight is 384 g/mol. The topological polar surface area (TPSA) is 87.5 Å². The summed E-state index contributed by atoms with van der Waals surface area (Å²) in [6, 6.07) is 14.7. The van der Waals surface area contributed by atoms with Gasteiger partial charge >= 0.3 is 0 Å². The van der Waals surface area contributed by atoms with E-state index in [0.717, 1.165) is 5.69 Å². The molecule has 1 amide bonds. The van der Waals surface area contributed by atoms with Gasteiger partial charge in [0.1, 0.15) is 0 Å². The van der Waals surface area contributed by atoms with Gasteiger partial charge in [0, 0.05) is 37.5 Å². The fourth-order valence-electron chi connectivity index (χ4n) is 2.79. The molecule has 2 aromatic rings. The van der Waals surface area contributed by atoms with Crippen molar-refractivity contribution in [2.45, 2.75) is 26.3 Å². The van der Waals surface area contributed by atoms with E-state index in [1.807, 2.05) is 11.9 Å². The second-order valence-electron chi connectivity index (χ2n) is 7.15. The van der Waals surface area contributed by atoms with Gasteiger partial charge in [-0.3, -0.25) is 19.8 Å². The number of nitro benzene ring substituents is 1. The number of hydrogen-bond acceptors (Lipinski definition) is 5. The van der Waals surface area contributed by atoms with Crippen molar-refractivity contribution in [2.75, 3.05) is 32.0 Å². The minimum absolute atomic E-state index is 0.0354. The molecule has 150 valence electrons. The summed E-state index contributed by atoms with van der Waals surface area (Å²) < 4.78 is 0. The maximum atomic E-state index is 12.1. The summed E-state index contributed by atoms with van der Waals surface area (Å²) in [5, 5.41) is 16.6. The largest absolute Gasteiger partial charge is 0.383 e. The van der Waals surface area contributed by atoms with Crippen molar-refractivity contribution in [3.63, 3.8) is 0 Å². The van der Waals surface area contributed by atoms with E-state index in [-0.39, 0.29) is 11.6 Å². The van der Waals surface area contributed by atoms with Crippen LogP contribution in [0.3, 0.4) is 0 Å². The molecule has 0 bridgehead atoms. The number of benzene rings is 2. The SMILES string of the molecule is CC(C)c1ccc(CN(C)CC(=O)NCCNc2ccc([N+](=O)[O-])cc2)cc1. The van der Waals surface area contributed by atoms with Gasteiger partial charge in [0.05, 0.1) is 11.5 Å². The third-order valence-corrected chi connectivity index (χ3v) is 4.37. The van der Waals surface area contributed by atoms with Crippen molar-refractivity contribution in [1.29, 1.82) is 0 Å². The maximum Gasteiger partial charge on any atom is 0.269 e. The van der Waals surface area contributed by atoms with E-state index in [1.54, 1.807) is 12.1 Å². The molecular formula is C21H28N4O3. The third-order valence-electron chi connectivity index (χ3n) is 4.37. The summed E-state index contributed by atoms with van der Waals surface area (Å²) in [6.45, 7) is 6.40. The highest BCUT2D eigenvalue weighted by Crippen LogP contribution is 2.16. The second-order valence-corrected chi connectivity index (χ2v) is 7.15. The molecule has 0 aliphatic heterocycles. The van der Waals surface area contributed by atoms with E-state index in [9.17, 15) is 14.9 Å². The minimum atomic E-state index is -0.431. The number of nitrogens with zero attached hydrogens (tertiary/aromatic N) is 2. The zero-order valence-electron chi connectivity index (χ0n) is 16.6. The van der Waals surface area contributed by atoms with Crippen LogP contribution in [0.2, 0.25) is 0 Å². The first-order valence-corrected chi connectivity index (χ1v) is 9.37. The van der Waals surface area contributed by atoms with Crippen molar-refractivity contribution in [3.05, 3.63) is 69.8 Å². The number of nitrogens with one attached hydrogen (secondary N) is 2. The van der Waals surface area contributed by atoms with E-state index in [2.05, 4.69) is 48.7 Å². The molecule has 0 spiro atoms. The lowest BCUT2D eigenvalue weighted by molar-refractivity contribution is -0.384. The first-order valence-electron chi connectivity index (χ1n) is 9.37.